The number of anilines is 1. The van der Waals surface area contributed by atoms with E-state index in [1.807, 2.05) is 12.1 Å². The number of aromatic nitrogens is 6. The Bertz CT molecular complexity index is 846. The van der Waals surface area contributed by atoms with Crippen LogP contribution >= 0.6 is 0 Å². The summed E-state index contributed by atoms with van der Waals surface area (Å²) in [6, 6.07) is 3.94. The Hall–Kier alpha value is -2.55. The van der Waals surface area contributed by atoms with Crippen molar-refractivity contribution in [1.82, 2.24) is 34.9 Å². The van der Waals surface area contributed by atoms with Gasteiger partial charge in [0, 0.05) is 32.1 Å². The molecule has 0 spiro atoms. The van der Waals surface area contributed by atoms with E-state index in [0.717, 1.165) is 55.9 Å². The molecule has 0 amide bonds. The maximum absolute atomic E-state index is 5.37. The lowest BCUT2D eigenvalue weighted by Gasteiger charge is -2.34. The molecule has 2 fully saturated rings. The van der Waals surface area contributed by atoms with Crippen molar-refractivity contribution >= 4 is 11.5 Å². The van der Waals surface area contributed by atoms with Crippen molar-refractivity contribution in [1.29, 1.82) is 0 Å². The molecule has 0 N–H and O–H groups in total. The number of hydrogen-bond donors (Lipinski definition) is 0. The molecule has 9 nitrogen and oxygen atoms in total. The van der Waals surface area contributed by atoms with Crippen molar-refractivity contribution in [3.63, 3.8) is 0 Å². The molecule has 124 valence electrons. The van der Waals surface area contributed by atoms with Crippen LogP contribution in [0.2, 0.25) is 0 Å². The Kier molecular flexibility index (Phi) is 3.18. The lowest BCUT2D eigenvalue weighted by atomic mass is 10.3. The van der Waals surface area contributed by atoms with Crippen LogP contribution in [0.3, 0.4) is 0 Å². The summed E-state index contributed by atoms with van der Waals surface area (Å²) >= 11 is 0. The summed E-state index contributed by atoms with van der Waals surface area (Å²) in [5.74, 6) is 3.11. The zero-order valence-electron chi connectivity index (χ0n) is 13.2. The Morgan fingerprint density at radius 2 is 2.00 bits per heavy atom. The minimum atomic E-state index is 0.540. The Labute approximate surface area is 138 Å². The fraction of sp³-hybridized carbons (Fsp3) is 0.533. The molecule has 2 aliphatic rings. The number of nitrogens with zero attached hydrogens (tertiary/aromatic N) is 8. The highest BCUT2D eigenvalue weighted by Crippen LogP contribution is 2.38. The van der Waals surface area contributed by atoms with E-state index < -0.39 is 0 Å². The number of piperazine rings is 1. The van der Waals surface area contributed by atoms with Gasteiger partial charge in [0.05, 0.1) is 6.54 Å². The monoisotopic (exact) mass is 326 g/mol. The lowest BCUT2D eigenvalue weighted by Crippen LogP contribution is -2.46. The number of rotatable bonds is 4. The molecule has 0 radical (unpaired) electrons. The Morgan fingerprint density at radius 1 is 1.12 bits per heavy atom. The van der Waals surface area contributed by atoms with Crippen LogP contribution in [0.25, 0.3) is 5.65 Å². The summed E-state index contributed by atoms with van der Waals surface area (Å²) in [5.41, 5.74) is 0.764. The van der Waals surface area contributed by atoms with Gasteiger partial charge in [0.1, 0.15) is 12.1 Å². The van der Waals surface area contributed by atoms with Crippen LogP contribution < -0.4 is 4.90 Å². The van der Waals surface area contributed by atoms with Crippen LogP contribution in [0.15, 0.2) is 23.0 Å². The summed E-state index contributed by atoms with van der Waals surface area (Å²) < 4.78 is 7.08. The molecular formula is C15H18N8O. The third kappa shape index (κ3) is 2.60. The molecule has 0 bridgehead atoms. The summed E-state index contributed by atoms with van der Waals surface area (Å²) in [4.78, 5) is 9.13. The fourth-order valence-electron chi connectivity index (χ4n) is 3.05. The van der Waals surface area contributed by atoms with Crippen molar-refractivity contribution in [3.05, 3.63) is 30.2 Å². The van der Waals surface area contributed by atoms with E-state index in [2.05, 4.69) is 35.2 Å². The molecule has 1 aliphatic carbocycles. The molecule has 5 rings (SSSR count). The lowest BCUT2D eigenvalue weighted by molar-refractivity contribution is 0.215. The van der Waals surface area contributed by atoms with Crippen LogP contribution in [0.1, 0.15) is 30.5 Å². The fourth-order valence-corrected chi connectivity index (χ4v) is 3.05. The quantitative estimate of drug-likeness (QED) is 0.692. The van der Waals surface area contributed by atoms with Gasteiger partial charge in [-0.2, -0.15) is 9.50 Å². The minimum Gasteiger partial charge on any atom is -0.353 e. The average molecular weight is 326 g/mol. The van der Waals surface area contributed by atoms with Gasteiger partial charge in [-0.25, -0.2) is 0 Å². The highest BCUT2D eigenvalue weighted by Gasteiger charge is 2.29. The first-order valence-electron chi connectivity index (χ1n) is 8.32. The SMILES string of the molecule is c1cc2nncn2nc1N1CCN(Cc2nc(C3CC3)no2)CC1. The highest BCUT2D eigenvalue weighted by molar-refractivity contribution is 5.45. The van der Waals surface area contributed by atoms with E-state index in [1.165, 1.54) is 12.8 Å². The largest absolute Gasteiger partial charge is 0.353 e. The standard InChI is InChI=1S/C15H18N8O/c1-2-11(1)15-17-14(24-20-15)9-21-5-7-22(8-6-21)13-4-3-12-18-16-10-23(12)19-13/h3-4,10-11H,1-2,5-9H2. The molecule has 1 saturated heterocycles. The maximum atomic E-state index is 5.37. The van der Waals surface area contributed by atoms with Crippen LogP contribution in [0.4, 0.5) is 5.82 Å². The molecule has 3 aromatic rings. The Balaban J connectivity index is 1.21. The molecule has 3 aromatic heterocycles. The molecule has 9 heteroatoms. The van der Waals surface area contributed by atoms with Gasteiger partial charge in [0.2, 0.25) is 5.89 Å². The average Bonchev–Trinajstić information content (AvgIpc) is 3.17. The first kappa shape index (κ1) is 13.8. The van der Waals surface area contributed by atoms with Crippen LogP contribution in [0.5, 0.6) is 0 Å². The van der Waals surface area contributed by atoms with Crippen molar-refractivity contribution in [2.24, 2.45) is 0 Å². The van der Waals surface area contributed by atoms with Gasteiger partial charge in [-0.05, 0) is 25.0 Å². The van der Waals surface area contributed by atoms with Gasteiger partial charge in [-0.3, -0.25) is 4.90 Å². The molecule has 0 unspecified atom stereocenters. The third-order valence-corrected chi connectivity index (χ3v) is 4.63. The summed E-state index contributed by atoms with van der Waals surface area (Å²) in [5, 5.41) is 16.5. The predicted molar refractivity (Wildman–Crippen MR) is 84.5 cm³/mol. The minimum absolute atomic E-state index is 0.540. The van der Waals surface area contributed by atoms with E-state index in [0.29, 0.717) is 5.92 Å². The highest BCUT2D eigenvalue weighted by atomic mass is 16.5. The van der Waals surface area contributed by atoms with Crippen molar-refractivity contribution in [3.8, 4) is 0 Å². The molecule has 1 aliphatic heterocycles. The summed E-state index contributed by atoms with van der Waals surface area (Å²) in [6.07, 6.45) is 4.02. The smallest absolute Gasteiger partial charge is 0.240 e. The normalized spacial score (nSPS) is 19.2. The number of fused-ring (bicyclic) bond motifs is 1. The van der Waals surface area contributed by atoms with Gasteiger partial charge in [0.25, 0.3) is 0 Å². The predicted octanol–water partition coefficient (Wildman–Crippen LogP) is 0.707. The molecular weight excluding hydrogens is 308 g/mol. The number of hydrogen-bond acceptors (Lipinski definition) is 8. The molecule has 24 heavy (non-hydrogen) atoms. The molecule has 0 atom stereocenters. The first-order valence-corrected chi connectivity index (χ1v) is 8.32. The zero-order valence-corrected chi connectivity index (χ0v) is 13.2. The Morgan fingerprint density at radius 3 is 2.83 bits per heavy atom. The molecule has 1 saturated carbocycles. The first-order chi connectivity index (χ1) is 11.8. The van der Waals surface area contributed by atoms with E-state index in [4.69, 9.17) is 4.52 Å². The van der Waals surface area contributed by atoms with Crippen LogP contribution in [-0.2, 0) is 6.54 Å². The van der Waals surface area contributed by atoms with E-state index in [1.54, 1.807) is 10.8 Å². The second kappa shape index (κ2) is 5.52. The summed E-state index contributed by atoms with van der Waals surface area (Å²) in [6.45, 7) is 4.46. The van der Waals surface area contributed by atoms with E-state index >= 15 is 0 Å². The topological polar surface area (TPSA) is 88.5 Å². The van der Waals surface area contributed by atoms with Gasteiger partial charge >= 0.3 is 0 Å². The van der Waals surface area contributed by atoms with Gasteiger partial charge in [-0.15, -0.1) is 15.3 Å². The van der Waals surface area contributed by atoms with Crippen molar-refractivity contribution < 1.29 is 4.52 Å². The van der Waals surface area contributed by atoms with Crippen LogP contribution in [0, 0.1) is 0 Å². The summed E-state index contributed by atoms with van der Waals surface area (Å²) in [7, 11) is 0. The molecule has 4 heterocycles. The maximum Gasteiger partial charge on any atom is 0.240 e. The second-order valence-electron chi connectivity index (χ2n) is 6.41. The molecule has 0 aromatic carbocycles. The van der Waals surface area contributed by atoms with E-state index in [9.17, 15) is 0 Å². The third-order valence-electron chi connectivity index (χ3n) is 4.63. The van der Waals surface area contributed by atoms with Gasteiger partial charge < -0.3 is 9.42 Å². The van der Waals surface area contributed by atoms with Gasteiger partial charge in [-0.1, -0.05) is 5.16 Å². The van der Waals surface area contributed by atoms with E-state index in [-0.39, 0.29) is 0 Å². The van der Waals surface area contributed by atoms with Gasteiger partial charge in [0.15, 0.2) is 11.5 Å². The zero-order chi connectivity index (χ0) is 15.9. The van der Waals surface area contributed by atoms with Crippen molar-refractivity contribution in [2.75, 3.05) is 31.1 Å². The van der Waals surface area contributed by atoms with Crippen LogP contribution in [-0.4, -0.2) is 61.0 Å². The van der Waals surface area contributed by atoms with Crippen molar-refractivity contribution in [2.45, 2.75) is 25.3 Å². The second-order valence-corrected chi connectivity index (χ2v) is 6.41.